The molecule has 3 rings (SSSR count). The van der Waals surface area contributed by atoms with Gasteiger partial charge in [0, 0.05) is 34.4 Å². The van der Waals surface area contributed by atoms with Crippen molar-refractivity contribution in [3.8, 4) is 0 Å². The number of morpholine rings is 1. The molecule has 1 saturated heterocycles. The molecule has 0 unspecified atom stereocenters. The van der Waals surface area contributed by atoms with Gasteiger partial charge in [-0.2, -0.15) is 0 Å². The monoisotopic (exact) mass is 389 g/mol. The topological polar surface area (TPSA) is 29.5 Å². The number of hydrogen-bond donors (Lipinski definition) is 0. The molecular weight excluding hydrogens is 373 g/mol. The summed E-state index contributed by atoms with van der Waals surface area (Å²) in [4.78, 5) is 14.5. The van der Waals surface area contributed by atoms with Gasteiger partial charge in [-0.15, -0.1) is 0 Å². The summed E-state index contributed by atoms with van der Waals surface area (Å²) in [6.07, 6.45) is 2.90. The third kappa shape index (κ3) is 4.10. The van der Waals surface area contributed by atoms with Crippen LogP contribution in [0.4, 0.5) is 10.1 Å². The Morgan fingerprint density at radius 1 is 1.12 bits per heavy atom. The van der Waals surface area contributed by atoms with E-state index >= 15 is 0 Å². The zero-order valence-electron chi connectivity index (χ0n) is 13.0. The number of benzene rings is 2. The van der Waals surface area contributed by atoms with Gasteiger partial charge in [0.25, 0.3) is 0 Å². The minimum atomic E-state index is -0.357. The lowest BCUT2D eigenvalue weighted by Crippen LogP contribution is -2.36. The number of rotatable bonds is 4. The second-order valence-electron chi connectivity index (χ2n) is 5.51. The van der Waals surface area contributed by atoms with Crippen molar-refractivity contribution in [2.75, 3.05) is 31.2 Å². The predicted molar refractivity (Wildman–Crippen MR) is 96.9 cm³/mol. The van der Waals surface area contributed by atoms with E-state index in [4.69, 9.17) is 4.74 Å². The molecule has 0 amide bonds. The molecule has 124 valence electrons. The third-order valence-electron chi connectivity index (χ3n) is 3.90. The second kappa shape index (κ2) is 7.73. The maximum atomic E-state index is 13.7. The Hall–Kier alpha value is -1.98. The molecule has 0 spiro atoms. The van der Waals surface area contributed by atoms with Crippen molar-refractivity contribution in [1.29, 1.82) is 0 Å². The van der Waals surface area contributed by atoms with E-state index in [1.165, 1.54) is 18.2 Å². The SMILES string of the molecule is O=C(/C=C/c1cc(Br)ccc1F)c1ccc(N2CCOCC2)cc1. The standard InChI is InChI=1S/C19H17BrFNO2/c20-16-4-7-18(21)15(13-16)3-8-19(23)14-1-5-17(6-2-14)22-9-11-24-12-10-22/h1-8,13H,9-12H2/b8-3+. The lowest BCUT2D eigenvalue weighted by molar-refractivity contribution is 0.104. The lowest BCUT2D eigenvalue weighted by atomic mass is 10.1. The van der Waals surface area contributed by atoms with Crippen molar-refractivity contribution in [2.45, 2.75) is 0 Å². The van der Waals surface area contributed by atoms with Crippen molar-refractivity contribution >= 4 is 33.5 Å². The smallest absolute Gasteiger partial charge is 0.185 e. The fourth-order valence-electron chi connectivity index (χ4n) is 2.56. The summed E-state index contributed by atoms with van der Waals surface area (Å²) < 4.78 is 19.8. The van der Waals surface area contributed by atoms with Gasteiger partial charge in [-0.25, -0.2) is 4.39 Å². The zero-order chi connectivity index (χ0) is 16.9. The Morgan fingerprint density at radius 3 is 2.54 bits per heavy atom. The van der Waals surface area contributed by atoms with Crippen LogP contribution in [0.2, 0.25) is 0 Å². The first-order valence-corrected chi connectivity index (χ1v) is 8.53. The van der Waals surface area contributed by atoms with Crippen LogP contribution in [-0.2, 0) is 4.74 Å². The van der Waals surface area contributed by atoms with Crippen LogP contribution in [0.25, 0.3) is 6.08 Å². The molecule has 0 bridgehead atoms. The molecule has 1 aliphatic heterocycles. The molecule has 0 radical (unpaired) electrons. The van der Waals surface area contributed by atoms with Crippen LogP contribution in [0.3, 0.4) is 0 Å². The van der Waals surface area contributed by atoms with Crippen molar-refractivity contribution < 1.29 is 13.9 Å². The van der Waals surface area contributed by atoms with E-state index < -0.39 is 0 Å². The number of hydrogen-bond acceptors (Lipinski definition) is 3. The van der Waals surface area contributed by atoms with Gasteiger partial charge >= 0.3 is 0 Å². The Balaban J connectivity index is 1.70. The Labute approximate surface area is 148 Å². The molecular formula is C19H17BrFNO2. The van der Waals surface area contributed by atoms with Crippen molar-refractivity contribution in [3.05, 3.63) is 70.0 Å². The Bertz CT molecular complexity index is 752. The summed E-state index contributed by atoms with van der Waals surface area (Å²) in [7, 11) is 0. The molecule has 1 heterocycles. The highest BCUT2D eigenvalue weighted by molar-refractivity contribution is 9.10. The molecule has 2 aromatic carbocycles. The Kier molecular flexibility index (Phi) is 5.43. The number of anilines is 1. The molecule has 24 heavy (non-hydrogen) atoms. The van der Waals surface area contributed by atoms with Crippen molar-refractivity contribution in [2.24, 2.45) is 0 Å². The summed E-state index contributed by atoms with van der Waals surface area (Å²) in [6, 6.07) is 12.1. The normalized spacial score (nSPS) is 15.0. The summed E-state index contributed by atoms with van der Waals surface area (Å²) in [5.41, 5.74) is 2.04. The number of ether oxygens (including phenoxy) is 1. The fourth-order valence-corrected chi connectivity index (χ4v) is 2.94. The largest absolute Gasteiger partial charge is 0.378 e. The van der Waals surface area contributed by atoms with Gasteiger partial charge in [0.05, 0.1) is 13.2 Å². The van der Waals surface area contributed by atoms with E-state index in [9.17, 15) is 9.18 Å². The molecule has 5 heteroatoms. The van der Waals surface area contributed by atoms with Crippen molar-refractivity contribution in [1.82, 2.24) is 0 Å². The summed E-state index contributed by atoms with van der Waals surface area (Å²) in [5, 5.41) is 0. The van der Waals surface area contributed by atoms with Crippen LogP contribution in [0.5, 0.6) is 0 Å². The molecule has 0 N–H and O–H groups in total. The van der Waals surface area contributed by atoms with E-state index in [-0.39, 0.29) is 11.6 Å². The van der Waals surface area contributed by atoms with E-state index in [0.717, 1.165) is 36.5 Å². The van der Waals surface area contributed by atoms with E-state index in [1.54, 1.807) is 24.3 Å². The number of allylic oxidation sites excluding steroid dienone is 1. The molecule has 1 fully saturated rings. The van der Waals surface area contributed by atoms with Gasteiger partial charge in [-0.05, 0) is 54.6 Å². The molecule has 0 atom stereocenters. The molecule has 0 saturated carbocycles. The van der Waals surface area contributed by atoms with Gasteiger partial charge in [-0.3, -0.25) is 4.79 Å². The van der Waals surface area contributed by atoms with E-state index in [2.05, 4.69) is 20.8 Å². The van der Waals surface area contributed by atoms with Gasteiger partial charge in [0.2, 0.25) is 0 Å². The quantitative estimate of drug-likeness (QED) is 0.575. The highest BCUT2D eigenvalue weighted by Crippen LogP contribution is 2.19. The average molecular weight is 390 g/mol. The van der Waals surface area contributed by atoms with Crippen LogP contribution in [-0.4, -0.2) is 32.1 Å². The lowest BCUT2D eigenvalue weighted by Gasteiger charge is -2.28. The van der Waals surface area contributed by atoms with Crippen molar-refractivity contribution in [3.63, 3.8) is 0 Å². The maximum absolute atomic E-state index is 13.7. The minimum Gasteiger partial charge on any atom is -0.378 e. The average Bonchev–Trinajstić information content (AvgIpc) is 2.63. The van der Waals surface area contributed by atoms with Gasteiger partial charge in [0.15, 0.2) is 5.78 Å². The predicted octanol–water partition coefficient (Wildman–Crippen LogP) is 4.32. The van der Waals surface area contributed by atoms with Crippen LogP contribution in [0, 0.1) is 5.82 Å². The highest BCUT2D eigenvalue weighted by Gasteiger charge is 2.11. The summed E-state index contributed by atoms with van der Waals surface area (Å²) in [5.74, 6) is -0.507. The van der Waals surface area contributed by atoms with Crippen LogP contribution in [0.15, 0.2) is 53.0 Å². The second-order valence-corrected chi connectivity index (χ2v) is 6.43. The zero-order valence-corrected chi connectivity index (χ0v) is 14.6. The number of carbonyl (C=O) groups excluding carboxylic acids is 1. The van der Waals surface area contributed by atoms with Crippen LogP contribution >= 0.6 is 15.9 Å². The first-order valence-electron chi connectivity index (χ1n) is 7.74. The molecule has 0 aromatic heterocycles. The van der Waals surface area contributed by atoms with Gasteiger partial charge in [0.1, 0.15) is 5.82 Å². The van der Waals surface area contributed by atoms with E-state index in [0.29, 0.717) is 11.1 Å². The minimum absolute atomic E-state index is 0.150. The van der Waals surface area contributed by atoms with Gasteiger partial charge in [-0.1, -0.05) is 15.9 Å². The van der Waals surface area contributed by atoms with Gasteiger partial charge < -0.3 is 9.64 Å². The molecule has 3 nitrogen and oxygen atoms in total. The summed E-state index contributed by atoms with van der Waals surface area (Å²) in [6.45, 7) is 3.16. The Morgan fingerprint density at radius 2 is 1.83 bits per heavy atom. The highest BCUT2D eigenvalue weighted by atomic mass is 79.9. The molecule has 0 aliphatic carbocycles. The summed E-state index contributed by atoms with van der Waals surface area (Å²) >= 11 is 3.29. The number of ketones is 1. The van der Waals surface area contributed by atoms with Crippen LogP contribution in [0.1, 0.15) is 15.9 Å². The third-order valence-corrected chi connectivity index (χ3v) is 4.39. The number of halogens is 2. The van der Waals surface area contributed by atoms with Crippen LogP contribution < -0.4 is 4.90 Å². The first-order chi connectivity index (χ1) is 11.6. The first kappa shape index (κ1) is 16.9. The fraction of sp³-hybridized carbons (Fsp3) is 0.211. The molecule has 2 aromatic rings. The number of nitrogens with zero attached hydrogens (tertiary/aromatic N) is 1. The number of carbonyl (C=O) groups is 1. The molecule has 1 aliphatic rings. The maximum Gasteiger partial charge on any atom is 0.185 e. The van der Waals surface area contributed by atoms with E-state index in [1.807, 2.05) is 12.1 Å².